The highest BCUT2D eigenvalue weighted by atomic mass is 35.5. The third-order valence-electron chi connectivity index (χ3n) is 2.35. The highest BCUT2D eigenvalue weighted by molar-refractivity contribution is 6.43. The lowest BCUT2D eigenvalue weighted by molar-refractivity contribution is 0.442. The van der Waals surface area contributed by atoms with E-state index >= 15 is 0 Å². The van der Waals surface area contributed by atoms with Gasteiger partial charge in [0.2, 0.25) is 0 Å². The van der Waals surface area contributed by atoms with Crippen molar-refractivity contribution in [2.75, 3.05) is 0 Å². The number of alkyl halides is 1. The summed E-state index contributed by atoms with van der Waals surface area (Å²) in [6.07, 6.45) is 0. The largest absolute Gasteiger partial charge is 0.453 e. The van der Waals surface area contributed by atoms with Gasteiger partial charge in [-0.05, 0) is 23.8 Å². The molecule has 0 heterocycles. The van der Waals surface area contributed by atoms with Crippen LogP contribution in [-0.2, 0) is 5.88 Å². The molecule has 2 rings (SSSR count). The molecule has 2 aromatic carbocycles. The van der Waals surface area contributed by atoms with Crippen molar-refractivity contribution in [3.8, 4) is 11.5 Å². The molecule has 19 heavy (non-hydrogen) atoms. The van der Waals surface area contributed by atoms with Crippen molar-refractivity contribution in [2.45, 2.75) is 5.88 Å². The van der Waals surface area contributed by atoms with Crippen LogP contribution in [0.25, 0.3) is 0 Å². The Labute approximate surface area is 129 Å². The Bertz CT molecular complexity index is 616. The van der Waals surface area contributed by atoms with Gasteiger partial charge in [-0.2, -0.15) is 0 Å². The van der Waals surface area contributed by atoms with Crippen LogP contribution in [0.1, 0.15) is 5.56 Å². The molecule has 0 N–H and O–H groups in total. The monoisotopic (exact) mass is 338 g/mol. The first-order chi connectivity index (χ1) is 9.01. The molecule has 0 saturated carbocycles. The van der Waals surface area contributed by atoms with Crippen LogP contribution in [0.2, 0.25) is 15.1 Å². The SMILES string of the molecule is Fc1cc(CCl)ccc1Oc1cc(Cl)c(Cl)cc1Cl. The molecule has 6 heteroatoms. The van der Waals surface area contributed by atoms with Gasteiger partial charge in [-0.25, -0.2) is 4.39 Å². The van der Waals surface area contributed by atoms with Crippen molar-refractivity contribution < 1.29 is 9.13 Å². The van der Waals surface area contributed by atoms with E-state index in [0.29, 0.717) is 10.6 Å². The van der Waals surface area contributed by atoms with Crippen LogP contribution in [0.4, 0.5) is 4.39 Å². The van der Waals surface area contributed by atoms with Gasteiger partial charge in [0.15, 0.2) is 11.6 Å². The van der Waals surface area contributed by atoms with E-state index in [1.54, 1.807) is 6.07 Å². The van der Waals surface area contributed by atoms with E-state index in [2.05, 4.69) is 0 Å². The minimum atomic E-state index is -0.528. The van der Waals surface area contributed by atoms with Gasteiger partial charge in [-0.3, -0.25) is 0 Å². The lowest BCUT2D eigenvalue weighted by Crippen LogP contribution is -1.91. The van der Waals surface area contributed by atoms with Crippen LogP contribution in [0.3, 0.4) is 0 Å². The zero-order valence-corrected chi connectivity index (χ0v) is 12.4. The minimum absolute atomic E-state index is 0.0363. The second kappa shape index (κ2) is 6.19. The van der Waals surface area contributed by atoms with Crippen molar-refractivity contribution in [1.82, 2.24) is 0 Å². The van der Waals surface area contributed by atoms with Crippen molar-refractivity contribution in [2.24, 2.45) is 0 Å². The third kappa shape index (κ3) is 3.46. The maximum absolute atomic E-state index is 13.7. The fourth-order valence-corrected chi connectivity index (χ4v) is 2.15. The molecule has 0 atom stereocenters. The normalized spacial score (nSPS) is 10.6. The zero-order valence-electron chi connectivity index (χ0n) is 9.39. The van der Waals surface area contributed by atoms with E-state index in [0.717, 1.165) is 0 Å². The Hall–Kier alpha value is -0.670. The molecule has 0 unspecified atom stereocenters. The molecule has 100 valence electrons. The molecule has 0 aliphatic rings. The first-order valence-corrected chi connectivity index (χ1v) is 6.85. The van der Waals surface area contributed by atoms with E-state index in [1.165, 1.54) is 24.3 Å². The van der Waals surface area contributed by atoms with E-state index < -0.39 is 5.82 Å². The summed E-state index contributed by atoms with van der Waals surface area (Å²) in [6.45, 7) is 0. The summed E-state index contributed by atoms with van der Waals surface area (Å²) < 4.78 is 19.1. The van der Waals surface area contributed by atoms with Gasteiger partial charge in [-0.1, -0.05) is 40.9 Å². The molecule has 0 amide bonds. The number of rotatable bonds is 3. The molecular formula is C13H7Cl4FO. The summed E-state index contributed by atoms with van der Waals surface area (Å²) in [4.78, 5) is 0. The number of benzene rings is 2. The van der Waals surface area contributed by atoms with Gasteiger partial charge >= 0.3 is 0 Å². The summed E-state index contributed by atoms with van der Waals surface area (Å²) in [5.74, 6) is -0.0342. The summed E-state index contributed by atoms with van der Waals surface area (Å²) >= 11 is 23.2. The summed E-state index contributed by atoms with van der Waals surface area (Å²) in [5.41, 5.74) is 0.659. The van der Waals surface area contributed by atoms with Crippen LogP contribution in [0, 0.1) is 5.82 Å². The van der Waals surface area contributed by atoms with E-state index in [9.17, 15) is 4.39 Å². The van der Waals surface area contributed by atoms with Crippen LogP contribution < -0.4 is 4.74 Å². The highest BCUT2D eigenvalue weighted by Crippen LogP contribution is 2.37. The van der Waals surface area contributed by atoms with Crippen LogP contribution in [-0.4, -0.2) is 0 Å². The summed E-state index contributed by atoms with van der Waals surface area (Å²) in [5, 5.41) is 0.825. The molecule has 0 bridgehead atoms. The minimum Gasteiger partial charge on any atom is -0.453 e. The molecule has 0 aromatic heterocycles. The number of hydrogen-bond donors (Lipinski definition) is 0. The quantitative estimate of drug-likeness (QED) is 0.469. The predicted octanol–water partition coefficient (Wildman–Crippen LogP) is 6.32. The van der Waals surface area contributed by atoms with Gasteiger partial charge in [-0.15, -0.1) is 11.6 Å². The van der Waals surface area contributed by atoms with Crippen LogP contribution >= 0.6 is 46.4 Å². The number of ether oxygens (including phenoxy) is 1. The lowest BCUT2D eigenvalue weighted by atomic mass is 10.2. The fourth-order valence-electron chi connectivity index (χ4n) is 1.41. The summed E-state index contributed by atoms with van der Waals surface area (Å²) in [7, 11) is 0. The van der Waals surface area contributed by atoms with Crippen molar-refractivity contribution in [3.63, 3.8) is 0 Å². The molecule has 2 aromatic rings. The standard InChI is InChI=1S/C13H7Cl4FO/c14-6-7-1-2-12(11(18)3-7)19-13-5-9(16)8(15)4-10(13)17/h1-5H,6H2. The topological polar surface area (TPSA) is 9.23 Å². The second-order valence-electron chi connectivity index (χ2n) is 3.70. The Morgan fingerprint density at radius 3 is 2.21 bits per heavy atom. The Balaban J connectivity index is 2.33. The van der Waals surface area contributed by atoms with Crippen LogP contribution in [0.5, 0.6) is 11.5 Å². The maximum Gasteiger partial charge on any atom is 0.166 e. The van der Waals surface area contributed by atoms with Crippen molar-refractivity contribution >= 4 is 46.4 Å². The predicted molar refractivity (Wildman–Crippen MR) is 77.5 cm³/mol. The fraction of sp³-hybridized carbons (Fsp3) is 0.0769. The van der Waals surface area contributed by atoms with Gasteiger partial charge in [0.1, 0.15) is 5.75 Å². The van der Waals surface area contributed by atoms with Gasteiger partial charge in [0.05, 0.1) is 15.1 Å². The molecule has 0 fully saturated rings. The summed E-state index contributed by atoms with van der Waals surface area (Å²) in [6, 6.07) is 7.31. The average molecular weight is 340 g/mol. The lowest BCUT2D eigenvalue weighted by Gasteiger charge is -2.10. The van der Waals surface area contributed by atoms with Crippen molar-refractivity contribution in [1.29, 1.82) is 0 Å². The van der Waals surface area contributed by atoms with Gasteiger partial charge in [0, 0.05) is 11.9 Å². The molecule has 1 nitrogen and oxygen atoms in total. The maximum atomic E-state index is 13.7. The van der Waals surface area contributed by atoms with E-state index in [-0.39, 0.29) is 27.4 Å². The van der Waals surface area contributed by atoms with Gasteiger partial charge < -0.3 is 4.74 Å². The first-order valence-electron chi connectivity index (χ1n) is 5.18. The van der Waals surface area contributed by atoms with Crippen molar-refractivity contribution in [3.05, 3.63) is 56.8 Å². The molecule has 0 spiro atoms. The molecule has 0 aliphatic heterocycles. The Kier molecular flexibility index (Phi) is 4.80. The van der Waals surface area contributed by atoms with E-state index in [4.69, 9.17) is 51.1 Å². The average Bonchev–Trinajstić information content (AvgIpc) is 2.38. The smallest absolute Gasteiger partial charge is 0.166 e. The molecule has 0 saturated heterocycles. The van der Waals surface area contributed by atoms with Gasteiger partial charge in [0.25, 0.3) is 0 Å². The van der Waals surface area contributed by atoms with Crippen LogP contribution in [0.15, 0.2) is 30.3 Å². The highest BCUT2D eigenvalue weighted by Gasteiger charge is 2.11. The Morgan fingerprint density at radius 2 is 1.58 bits per heavy atom. The zero-order chi connectivity index (χ0) is 14.0. The second-order valence-corrected chi connectivity index (χ2v) is 5.19. The molecular weight excluding hydrogens is 333 g/mol. The van der Waals surface area contributed by atoms with E-state index in [1.807, 2.05) is 0 Å². The molecule has 0 aliphatic carbocycles. The number of halogens is 5. The Morgan fingerprint density at radius 1 is 0.895 bits per heavy atom. The molecule has 0 radical (unpaired) electrons. The third-order valence-corrected chi connectivity index (χ3v) is 3.67. The first kappa shape index (κ1) is 14.7. The number of hydrogen-bond acceptors (Lipinski definition) is 1.